The highest BCUT2D eigenvalue weighted by atomic mass is 16.5. The Hall–Kier alpha value is -1.55. The van der Waals surface area contributed by atoms with Gasteiger partial charge >= 0.3 is 0 Å². The highest BCUT2D eigenvalue weighted by molar-refractivity contribution is 5.97. The maximum absolute atomic E-state index is 7.52. The first-order chi connectivity index (χ1) is 9.15. The second-order valence-electron chi connectivity index (χ2n) is 5.15. The van der Waals surface area contributed by atoms with Crippen molar-refractivity contribution in [2.45, 2.75) is 38.8 Å². The number of nitrogens with zero attached hydrogens (tertiary/aromatic N) is 1. The summed E-state index contributed by atoms with van der Waals surface area (Å²) in [5.74, 6) is 0.744. The van der Waals surface area contributed by atoms with Gasteiger partial charge in [-0.3, -0.25) is 10.3 Å². The van der Waals surface area contributed by atoms with Gasteiger partial charge in [0.1, 0.15) is 11.6 Å². The topological polar surface area (TPSA) is 62.3 Å². The van der Waals surface area contributed by atoms with E-state index in [0.717, 1.165) is 19.1 Å². The largest absolute Gasteiger partial charge is 0.496 e. The van der Waals surface area contributed by atoms with Gasteiger partial charge in [-0.1, -0.05) is 13.0 Å². The van der Waals surface area contributed by atoms with Crippen molar-refractivity contribution in [3.05, 3.63) is 29.3 Å². The normalized spacial score (nSPS) is 14.7. The van der Waals surface area contributed by atoms with Crippen LogP contribution in [-0.4, -0.2) is 30.4 Å². The van der Waals surface area contributed by atoms with Crippen LogP contribution >= 0.6 is 0 Å². The molecular weight excluding hydrogens is 238 g/mol. The molecule has 1 aromatic carbocycles. The zero-order valence-corrected chi connectivity index (χ0v) is 11.8. The van der Waals surface area contributed by atoms with Gasteiger partial charge in [0.25, 0.3) is 0 Å². The third kappa shape index (κ3) is 3.47. The van der Waals surface area contributed by atoms with Gasteiger partial charge in [-0.2, -0.15) is 0 Å². The average Bonchev–Trinajstić information content (AvgIpc) is 3.22. The summed E-state index contributed by atoms with van der Waals surface area (Å²) >= 11 is 0. The molecule has 3 N–H and O–H groups in total. The molecule has 0 aliphatic heterocycles. The van der Waals surface area contributed by atoms with Gasteiger partial charge in [0.15, 0.2) is 0 Å². The van der Waals surface area contributed by atoms with Gasteiger partial charge in [0.2, 0.25) is 0 Å². The van der Waals surface area contributed by atoms with Crippen LogP contribution in [0.1, 0.15) is 37.3 Å². The maximum atomic E-state index is 7.52. The van der Waals surface area contributed by atoms with Crippen molar-refractivity contribution in [1.29, 1.82) is 5.41 Å². The van der Waals surface area contributed by atoms with Gasteiger partial charge in [-0.15, -0.1) is 0 Å². The fourth-order valence-corrected chi connectivity index (χ4v) is 2.41. The summed E-state index contributed by atoms with van der Waals surface area (Å²) in [4.78, 5) is 2.53. The first-order valence-corrected chi connectivity index (χ1v) is 6.91. The fraction of sp³-hybridized carbons (Fsp3) is 0.533. The lowest BCUT2D eigenvalue weighted by Crippen LogP contribution is -2.26. The van der Waals surface area contributed by atoms with Crippen LogP contribution in [0.3, 0.4) is 0 Å². The highest BCUT2D eigenvalue weighted by Gasteiger charge is 2.28. The van der Waals surface area contributed by atoms with E-state index in [1.165, 1.54) is 24.8 Å². The van der Waals surface area contributed by atoms with E-state index in [4.69, 9.17) is 15.9 Å². The maximum Gasteiger partial charge on any atom is 0.130 e. The Bertz CT molecular complexity index is 455. The molecular formula is C15H23N3O. The van der Waals surface area contributed by atoms with E-state index in [2.05, 4.69) is 11.8 Å². The molecule has 4 heteroatoms. The molecule has 0 spiro atoms. The van der Waals surface area contributed by atoms with E-state index in [1.54, 1.807) is 7.11 Å². The van der Waals surface area contributed by atoms with Gasteiger partial charge in [-0.25, -0.2) is 0 Å². The third-order valence-corrected chi connectivity index (χ3v) is 3.52. The van der Waals surface area contributed by atoms with Crippen LogP contribution in [0.4, 0.5) is 0 Å². The first kappa shape index (κ1) is 13.9. The van der Waals surface area contributed by atoms with E-state index in [0.29, 0.717) is 11.3 Å². The quantitative estimate of drug-likeness (QED) is 0.585. The van der Waals surface area contributed by atoms with Crippen molar-refractivity contribution in [2.24, 2.45) is 5.73 Å². The predicted molar refractivity (Wildman–Crippen MR) is 77.7 cm³/mol. The minimum Gasteiger partial charge on any atom is -0.496 e. The lowest BCUT2D eigenvalue weighted by molar-refractivity contribution is 0.255. The molecule has 0 saturated heterocycles. The number of ether oxygens (including phenoxy) is 1. The lowest BCUT2D eigenvalue weighted by Gasteiger charge is -2.21. The zero-order valence-electron chi connectivity index (χ0n) is 11.8. The number of benzene rings is 1. The first-order valence-electron chi connectivity index (χ1n) is 6.91. The molecule has 0 amide bonds. The molecule has 0 radical (unpaired) electrons. The number of nitrogens with two attached hydrogens (primary N) is 1. The van der Waals surface area contributed by atoms with Crippen molar-refractivity contribution in [1.82, 2.24) is 4.90 Å². The molecule has 1 aliphatic carbocycles. The van der Waals surface area contributed by atoms with E-state index in [1.807, 2.05) is 18.2 Å². The second kappa shape index (κ2) is 6.06. The number of hydrogen-bond acceptors (Lipinski definition) is 3. The van der Waals surface area contributed by atoms with Gasteiger partial charge < -0.3 is 10.5 Å². The standard InChI is InChI=1S/C15H23N3O/c1-3-8-18(12-5-6-12)10-11-4-7-13(15(16)17)14(9-11)19-2/h4,7,9,12H,3,5-6,8,10H2,1-2H3,(H3,16,17). The molecule has 19 heavy (non-hydrogen) atoms. The summed E-state index contributed by atoms with van der Waals surface area (Å²) in [6, 6.07) is 6.69. The fourth-order valence-electron chi connectivity index (χ4n) is 2.41. The van der Waals surface area contributed by atoms with E-state index in [-0.39, 0.29) is 5.84 Å². The zero-order chi connectivity index (χ0) is 13.8. The minimum atomic E-state index is 0.0519. The molecule has 0 aromatic heterocycles. The van der Waals surface area contributed by atoms with Crippen LogP contribution in [0.5, 0.6) is 5.75 Å². The third-order valence-electron chi connectivity index (χ3n) is 3.52. The molecule has 0 bridgehead atoms. The summed E-state index contributed by atoms with van der Waals surface area (Å²) in [6.07, 6.45) is 3.82. The molecule has 1 saturated carbocycles. The van der Waals surface area contributed by atoms with Crippen LogP contribution in [0.15, 0.2) is 18.2 Å². The van der Waals surface area contributed by atoms with E-state index < -0.39 is 0 Å². The number of hydrogen-bond donors (Lipinski definition) is 2. The molecule has 104 valence electrons. The van der Waals surface area contributed by atoms with Crippen LogP contribution in [0.25, 0.3) is 0 Å². The minimum absolute atomic E-state index is 0.0519. The molecule has 4 nitrogen and oxygen atoms in total. The van der Waals surface area contributed by atoms with E-state index in [9.17, 15) is 0 Å². The SMILES string of the molecule is CCCN(Cc1ccc(C(=N)N)c(OC)c1)C1CC1. The van der Waals surface area contributed by atoms with Gasteiger partial charge in [0, 0.05) is 12.6 Å². The number of methoxy groups -OCH3 is 1. The summed E-state index contributed by atoms with van der Waals surface area (Å²) in [7, 11) is 1.62. The van der Waals surface area contributed by atoms with Crippen molar-refractivity contribution >= 4 is 5.84 Å². The molecule has 0 atom stereocenters. The lowest BCUT2D eigenvalue weighted by atomic mass is 10.1. The second-order valence-corrected chi connectivity index (χ2v) is 5.15. The van der Waals surface area contributed by atoms with Crippen molar-refractivity contribution < 1.29 is 4.74 Å². The van der Waals surface area contributed by atoms with Crippen LogP contribution < -0.4 is 10.5 Å². The van der Waals surface area contributed by atoms with Crippen molar-refractivity contribution in [2.75, 3.05) is 13.7 Å². The van der Waals surface area contributed by atoms with Crippen LogP contribution in [0, 0.1) is 5.41 Å². The monoisotopic (exact) mass is 261 g/mol. The number of nitrogens with one attached hydrogen (secondary N) is 1. The molecule has 0 unspecified atom stereocenters. The molecule has 2 rings (SSSR count). The Morgan fingerprint density at radius 1 is 1.47 bits per heavy atom. The summed E-state index contributed by atoms with van der Waals surface area (Å²) in [5, 5.41) is 7.52. The average molecular weight is 261 g/mol. The Morgan fingerprint density at radius 3 is 2.74 bits per heavy atom. The number of amidine groups is 1. The summed E-state index contributed by atoms with van der Waals surface area (Å²) < 4.78 is 5.33. The number of nitrogen functional groups attached to an aromatic ring is 1. The Morgan fingerprint density at radius 2 is 2.21 bits per heavy atom. The Balaban J connectivity index is 2.13. The molecule has 0 heterocycles. The predicted octanol–water partition coefficient (Wildman–Crippen LogP) is 2.35. The summed E-state index contributed by atoms with van der Waals surface area (Å²) in [6.45, 7) is 4.31. The van der Waals surface area contributed by atoms with Crippen molar-refractivity contribution in [3.63, 3.8) is 0 Å². The molecule has 1 aromatic rings. The Kier molecular flexibility index (Phi) is 4.43. The van der Waals surface area contributed by atoms with Crippen LogP contribution in [0.2, 0.25) is 0 Å². The number of rotatable bonds is 7. The molecule has 1 aliphatic rings. The summed E-state index contributed by atoms with van der Waals surface area (Å²) in [5.41, 5.74) is 7.43. The van der Waals surface area contributed by atoms with Crippen LogP contribution in [-0.2, 0) is 6.54 Å². The Labute approximate surface area is 115 Å². The van der Waals surface area contributed by atoms with E-state index >= 15 is 0 Å². The van der Waals surface area contributed by atoms with Gasteiger partial charge in [-0.05, 0) is 43.5 Å². The van der Waals surface area contributed by atoms with Crippen molar-refractivity contribution in [3.8, 4) is 5.75 Å². The van der Waals surface area contributed by atoms with Gasteiger partial charge in [0.05, 0.1) is 12.7 Å². The highest BCUT2D eigenvalue weighted by Crippen LogP contribution is 2.29. The smallest absolute Gasteiger partial charge is 0.130 e. The molecule has 1 fully saturated rings.